The highest BCUT2D eigenvalue weighted by molar-refractivity contribution is 7.19. The molecule has 0 atom stereocenters. The molecule has 8 heteroatoms. The van der Waals surface area contributed by atoms with Crippen LogP contribution in [0, 0.1) is 0 Å². The van der Waals surface area contributed by atoms with Gasteiger partial charge in [0.05, 0.1) is 31.2 Å². The van der Waals surface area contributed by atoms with E-state index in [1.807, 2.05) is 42.6 Å². The van der Waals surface area contributed by atoms with Crippen molar-refractivity contribution in [3.63, 3.8) is 0 Å². The molecule has 178 valence electrons. The second kappa shape index (κ2) is 11.8. The number of fused-ring (bicyclic) bond motifs is 1. The molecule has 0 aliphatic carbocycles. The third kappa shape index (κ3) is 6.01. The summed E-state index contributed by atoms with van der Waals surface area (Å²) in [5.74, 6) is 0.524. The van der Waals surface area contributed by atoms with Crippen molar-refractivity contribution in [2.24, 2.45) is 0 Å². The Bertz CT molecular complexity index is 1170. The predicted molar refractivity (Wildman–Crippen MR) is 134 cm³/mol. The molecule has 0 saturated carbocycles. The predicted octanol–water partition coefficient (Wildman–Crippen LogP) is 5.89. The lowest BCUT2D eigenvalue weighted by Gasteiger charge is -2.06. The van der Waals surface area contributed by atoms with Crippen molar-refractivity contribution in [1.82, 2.24) is 14.6 Å². The van der Waals surface area contributed by atoms with Crippen molar-refractivity contribution in [2.45, 2.75) is 32.1 Å². The highest BCUT2D eigenvalue weighted by atomic mass is 32.1. The van der Waals surface area contributed by atoms with E-state index in [1.54, 1.807) is 23.8 Å². The number of imidazole rings is 1. The van der Waals surface area contributed by atoms with Crippen LogP contribution in [0.3, 0.4) is 0 Å². The fourth-order valence-electron chi connectivity index (χ4n) is 3.61. The van der Waals surface area contributed by atoms with E-state index < -0.39 is 0 Å². The Morgan fingerprint density at radius 1 is 0.882 bits per heavy atom. The zero-order chi connectivity index (χ0) is 23.8. The number of rotatable bonds is 12. The Kier molecular flexibility index (Phi) is 8.27. The second-order valence-electron chi connectivity index (χ2n) is 7.96. The standard InChI is InChI=1S/C26H29N3O4S/c1-31-16-6-4-3-5-7-17-33-22-14-12-20(13-15-22)24-28-29-18-23(27-26(29)34-24)19-8-10-21(11-9-19)25(30)32-2/h8-15,18H,3-7,16-17H2,1-2H3. The van der Waals surface area contributed by atoms with E-state index in [-0.39, 0.29) is 5.97 Å². The van der Waals surface area contributed by atoms with Gasteiger partial charge in [-0.2, -0.15) is 5.10 Å². The Morgan fingerprint density at radius 3 is 2.24 bits per heavy atom. The van der Waals surface area contributed by atoms with Crippen LogP contribution >= 0.6 is 11.3 Å². The van der Waals surface area contributed by atoms with Gasteiger partial charge in [0.15, 0.2) is 0 Å². The van der Waals surface area contributed by atoms with Crippen LogP contribution in [0.15, 0.2) is 54.7 Å². The molecule has 0 N–H and O–H groups in total. The molecule has 0 unspecified atom stereocenters. The quantitative estimate of drug-likeness (QED) is 0.186. The van der Waals surface area contributed by atoms with E-state index in [4.69, 9.17) is 19.2 Å². The highest BCUT2D eigenvalue weighted by Crippen LogP contribution is 2.29. The molecule has 0 aliphatic rings. The fourth-order valence-corrected chi connectivity index (χ4v) is 4.50. The van der Waals surface area contributed by atoms with Gasteiger partial charge in [-0.25, -0.2) is 14.3 Å². The second-order valence-corrected chi connectivity index (χ2v) is 8.92. The summed E-state index contributed by atoms with van der Waals surface area (Å²) in [7, 11) is 3.12. The van der Waals surface area contributed by atoms with Crippen molar-refractivity contribution >= 4 is 22.3 Å². The first kappa shape index (κ1) is 23.9. The van der Waals surface area contributed by atoms with Crippen molar-refractivity contribution in [2.75, 3.05) is 27.4 Å². The van der Waals surface area contributed by atoms with Crippen molar-refractivity contribution in [3.8, 4) is 27.6 Å². The zero-order valence-corrected chi connectivity index (χ0v) is 20.3. The molecule has 0 radical (unpaired) electrons. The average Bonchev–Trinajstić information content (AvgIpc) is 3.45. The van der Waals surface area contributed by atoms with Gasteiger partial charge in [-0.1, -0.05) is 42.7 Å². The molecule has 4 rings (SSSR count). The highest BCUT2D eigenvalue weighted by Gasteiger charge is 2.12. The molecular formula is C26H29N3O4S. The Labute approximate surface area is 203 Å². The third-order valence-corrected chi connectivity index (χ3v) is 6.48. The van der Waals surface area contributed by atoms with E-state index in [2.05, 4.69) is 5.10 Å². The van der Waals surface area contributed by atoms with E-state index in [9.17, 15) is 4.79 Å². The molecule has 0 aliphatic heterocycles. The summed E-state index contributed by atoms with van der Waals surface area (Å²) in [5, 5.41) is 5.58. The van der Waals surface area contributed by atoms with Gasteiger partial charge in [0.2, 0.25) is 4.96 Å². The molecule has 34 heavy (non-hydrogen) atoms. The van der Waals surface area contributed by atoms with Crippen molar-refractivity contribution in [3.05, 3.63) is 60.3 Å². The summed E-state index contributed by atoms with van der Waals surface area (Å²) in [4.78, 5) is 17.1. The van der Waals surface area contributed by atoms with Crippen LogP contribution in [0.25, 0.3) is 26.8 Å². The lowest BCUT2D eigenvalue weighted by atomic mass is 10.1. The van der Waals surface area contributed by atoms with E-state index in [1.165, 1.54) is 37.7 Å². The maximum Gasteiger partial charge on any atom is 0.337 e. The van der Waals surface area contributed by atoms with Gasteiger partial charge in [-0.15, -0.1) is 0 Å². The number of unbranched alkanes of at least 4 members (excludes halogenated alkanes) is 4. The van der Waals surface area contributed by atoms with Gasteiger partial charge in [0.1, 0.15) is 10.8 Å². The van der Waals surface area contributed by atoms with E-state index in [0.717, 1.165) is 58.6 Å². The molecule has 0 amide bonds. The Morgan fingerprint density at radius 2 is 1.56 bits per heavy atom. The van der Waals surface area contributed by atoms with Gasteiger partial charge >= 0.3 is 5.97 Å². The number of ether oxygens (including phenoxy) is 3. The zero-order valence-electron chi connectivity index (χ0n) is 19.5. The van der Waals surface area contributed by atoms with Crippen LogP contribution in [0.1, 0.15) is 42.5 Å². The summed E-state index contributed by atoms with van der Waals surface area (Å²) < 4.78 is 17.5. The van der Waals surface area contributed by atoms with Crippen LogP contribution in [-0.2, 0) is 9.47 Å². The summed E-state index contributed by atoms with van der Waals surface area (Å²) >= 11 is 1.53. The molecule has 0 spiro atoms. The SMILES string of the molecule is COCCCCCCCOc1ccc(-c2nn3cc(-c4ccc(C(=O)OC)cc4)nc3s2)cc1. The monoisotopic (exact) mass is 479 g/mol. The first-order valence-electron chi connectivity index (χ1n) is 11.4. The average molecular weight is 480 g/mol. The van der Waals surface area contributed by atoms with Crippen molar-refractivity contribution < 1.29 is 19.0 Å². The van der Waals surface area contributed by atoms with Crippen LogP contribution in [0.5, 0.6) is 5.75 Å². The lowest BCUT2D eigenvalue weighted by molar-refractivity contribution is 0.0600. The lowest BCUT2D eigenvalue weighted by Crippen LogP contribution is -2.00. The van der Waals surface area contributed by atoms with Gasteiger partial charge in [-0.05, 0) is 49.2 Å². The molecule has 7 nitrogen and oxygen atoms in total. The summed E-state index contributed by atoms with van der Waals surface area (Å²) in [6.45, 7) is 1.58. The third-order valence-electron chi connectivity index (χ3n) is 5.51. The minimum Gasteiger partial charge on any atom is -0.494 e. The number of nitrogens with zero attached hydrogens (tertiary/aromatic N) is 3. The largest absolute Gasteiger partial charge is 0.494 e. The number of carbonyl (C=O) groups is 1. The number of hydrogen-bond acceptors (Lipinski definition) is 7. The number of aromatic nitrogens is 3. The minimum absolute atomic E-state index is 0.353. The Balaban J connectivity index is 1.32. The molecule has 0 bridgehead atoms. The first-order chi connectivity index (χ1) is 16.7. The molecule has 0 saturated heterocycles. The summed E-state index contributed by atoms with van der Waals surface area (Å²) in [6, 6.07) is 15.2. The van der Waals surface area contributed by atoms with Crippen LogP contribution in [0.4, 0.5) is 0 Å². The molecule has 4 aromatic rings. The first-order valence-corrected chi connectivity index (χ1v) is 12.3. The topological polar surface area (TPSA) is 75.0 Å². The summed E-state index contributed by atoms with van der Waals surface area (Å²) in [5.41, 5.74) is 3.27. The smallest absolute Gasteiger partial charge is 0.337 e. The van der Waals surface area contributed by atoms with Crippen LogP contribution < -0.4 is 4.74 Å². The van der Waals surface area contributed by atoms with E-state index in [0.29, 0.717) is 5.56 Å². The Hall–Kier alpha value is -3.23. The minimum atomic E-state index is -0.353. The van der Waals surface area contributed by atoms with Crippen molar-refractivity contribution in [1.29, 1.82) is 0 Å². The van der Waals surface area contributed by atoms with Crippen LogP contribution in [0.2, 0.25) is 0 Å². The van der Waals surface area contributed by atoms with E-state index >= 15 is 0 Å². The summed E-state index contributed by atoms with van der Waals surface area (Å²) in [6.07, 6.45) is 7.70. The molecule has 2 aromatic carbocycles. The molecule has 2 aromatic heterocycles. The number of benzene rings is 2. The molecule has 0 fully saturated rings. The van der Waals surface area contributed by atoms with Gasteiger partial charge in [0.25, 0.3) is 0 Å². The number of methoxy groups -OCH3 is 2. The number of carbonyl (C=O) groups excluding carboxylic acids is 1. The molecular weight excluding hydrogens is 450 g/mol. The van der Waals surface area contributed by atoms with Gasteiger partial charge in [0, 0.05) is 24.8 Å². The normalized spacial score (nSPS) is 11.1. The number of hydrogen-bond donors (Lipinski definition) is 0. The number of esters is 1. The van der Waals surface area contributed by atoms with Gasteiger partial charge < -0.3 is 14.2 Å². The fraction of sp³-hybridized carbons (Fsp3) is 0.346. The maximum absolute atomic E-state index is 11.6. The maximum atomic E-state index is 11.6. The van der Waals surface area contributed by atoms with Crippen LogP contribution in [-0.4, -0.2) is 48.0 Å². The van der Waals surface area contributed by atoms with Gasteiger partial charge in [-0.3, -0.25) is 0 Å². The molecule has 2 heterocycles.